The number of nitrogens with zero attached hydrogens (tertiary/aromatic N) is 2. The molecule has 32 heavy (non-hydrogen) atoms. The van der Waals surface area contributed by atoms with E-state index < -0.39 is 0 Å². The maximum Gasteiger partial charge on any atom is 0.232 e. The van der Waals surface area contributed by atoms with Crippen LogP contribution in [-0.4, -0.2) is 27.3 Å². The van der Waals surface area contributed by atoms with Crippen LogP contribution in [0.25, 0.3) is 6.08 Å². The SMILES string of the molecule is Cc1ccc(/C=C2\Oc3c(CN4CCCC[C@H]4c4cccnc4)c(O)cc(C)c3C2=O)o1. The van der Waals surface area contributed by atoms with Crippen molar-refractivity contribution in [3.63, 3.8) is 0 Å². The number of ether oxygens (including phenoxy) is 1. The van der Waals surface area contributed by atoms with Crippen molar-refractivity contribution in [3.05, 3.63) is 82.3 Å². The summed E-state index contributed by atoms with van der Waals surface area (Å²) in [6, 6.07) is 9.58. The summed E-state index contributed by atoms with van der Waals surface area (Å²) >= 11 is 0. The van der Waals surface area contributed by atoms with Crippen molar-refractivity contribution in [2.45, 2.75) is 45.7 Å². The van der Waals surface area contributed by atoms with E-state index >= 15 is 0 Å². The number of ketones is 1. The molecule has 2 aliphatic rings. The molecule has 0 bridgehead atoms. The molecule has 0 spiro atoms. The molecule has 1 atom stereocenters. The third-order valence-corrected chi connectivity index (χ3v) is 6.30. The minimum atomic E-state index is -0.185. The van der Waals surface area contributed by atoms with Gasteiger partial charge in [-0.3, -0.25) is 14.7 Å². The lowest BCUT2D eigenvalue weighted by atomic mass is 9.94. The number of fused-ring (bicyclic) bond motifs is 1. The summed E-state index contributed by atoms with van der Waals surface area (Å²) < 4.78 is 11.6. The first-order chi connectivity index (χ1) is 15.5. The number of carbonyl (C=O) groups excluding carboxylic acids is 1. The summed E-state index contributed by atoms with van der Waals surface area (Å²) in [6.07, 6.45) is 8.59. The fraction of sp³-hybridized carbons (Fsp3) is 0.308. The van der Waals surface area contributed by atoms with Crippen LogP contribution in [0, 0.1) is 13.8 Å². The van der Waals surface area contributed by atoms with Gasteiger partial charge in [0.1, 0.15) is 23.0 Å². The fourth-order valence-electron chi connectivity index (χ4n) is 4.73. The molecule has 164 valence electrons. The maximum atomic E-state index is 13.1. The standard InChI is InChI=1S/C26H26N2O4/c1-16-12-22(29)20(15-28-11-4-3-7-21(28)18-6-5-10-27-14-18)26-24(16)25(30)23(32-26)13-19-9-8-17(2)31-19/h5-6,8-10,12-14,21,29H,3-4,7,11,15H2,1-2H3/b23-13-/t21-/m0/s1. The normalized spacial score (nSPS) is 19.9. The molecular formula is C26H26N2O4. The van der Waals surface area contributed by atoms with Crippen LogP contribution >= 0.6 is 0 Å². The zero-order valence-corrected chi connectivity index (χ0v) is 18.3. The van der Waals surface area contributed by atoms with Gasteiger partial charge < -0.3 is 14.3 Å². The average Bonchev–Trinajstić information content (AvgIpc) is 3.35. The molecule has 0 unspecified atom stereocenters. The number of phenols is 1. The maximum absolute atomic E-state index is 13.1. The Kier molecular flexibility index (Phi) is 5.31. The van der Waals surface area contributed by atoms with Crippen LogP contribution in [0.2, 0.25) is 0 Å². The Balaban J connectivity index is 1.50. The van der Waals surface area contributed by atoms with Crippen molar-refractivity contribution < 1.29 is 19.1 Å². The highest BCUT2D eigenvalue weighted by Gasteiger charge is 2.35. The summed E-state index contributed by atoms with van der Waals surface area (Å²) in [5.41, 5.74) is 3.03. The molecule has 4 heterocycles. The van der Waals surface area contributed by atoms with E-state index in [0.717, 1.165) is 31.6 Å². The van der Waals surface area contributed by atoms with Crippen LogP contribution in [-0.2, 0) is 6.54 Å². The molecular weight excluding hydrogens is 404 g/mol. The molecule has 1 fully saturated rings. The van der Waals surface area contributed by atoms with Crippen LogP contribution in [0.1, 0.15) is 63.9 Å². The molecule has 0 aliphatic carbocycles. The molecule has 1 N–H and O–H groups in total. The average molecular weight is 431 g/mol. The second kappa shape index (κ2) is 8.28. The Labute approximate surface area is 187 Å². The van der Waals surface area contributed by atoms with Gasteiger partial charge >= 0.3 is 0 Å². The minimum absolute atomic E-state index is 0.152. The number of aromatic hydroxyl groups is 1. The summed E-state index contributed by atoms with van der Waals surface area (Å²) in [4.78, 5) is 19.8. The van der Waals surface area contributed by atoms with Crippen LogP contribution in [0.4, 0.5) is 0 Å². The lowest BCUT2D eigenvalue weighted by Gasteiger charge is -2.36. The highest BCUT2D eigenvalue weighted by Crippen LogP contribution is 2.44. The van der Waals surface area contributed by atoms with Crippen molar-refractivity contribution >= 4 is 11.9 Å². The number of allylic oxidation sites excluding steroid dienone is 1. The van der Waals surface area contributed by atoms with E-state index in [0.29, 0.717) is 34.7 Å². The number of pyridine rings is 1. The van der Waals surface area contributed by atoms with Gasteiger partial charge in [0.25, 0.3) is 0 Å². The number of likely N-dealkylation sites (tertiary alicyclic amines) is 1. The highest BCUT2D eigenvalue weighted by molar-refractivity contribution is 6.15. The van der Waals surface area contributed by atoms with Crippen molar-refractivity contribution in [1.82, 2.24) is 9.88 Å². The third-order valence-electron chi connectivity index (χ3n) is 6.30. The summed E-state index contributed by atoms with van der Waals surface area (Å²) in [5, 5.41) is 10.8. The molecule has 1 saturated heterocycles. The number of benzene rings is 1. The lowest BCUT2D eigenvalue weighted by molar-refractivity contribution is 0.101. The molecule has 5 rings (SSSR count). The number of hydrogen-bond donors (Lipinski definition) is 1. The number of carbonyl (C=O) groups is 1. The molecule has 2 aromatic heterocycles. The largest absolute Gasteiger partial charge is 0.507 e. The second-order valence-electron chi connectivity index (χ2n) is 8.55. The Hall–Kier alpha value is -3.38. The first-order valence-electron chi connectivity index (χ1n) is 11.0. The van der Waals surface area contributed by atoms with Gasteiger partial charge in [-0.1, -0.05) is 12.5 Å². The third kappa shape index (κ3) is 3.71. The van der Waals surface area contributed by atoms with Crippen molar-refractivity contribution in [2.75, 3.05) is 6.54 Å². The number of phenolic OH excluding ortho intramolecular Hbond substituents is 1. The van der Waals surface area contributed by atoms with Crippen LogP contribution < -0.4 is 4.74 Å². The molecule has 0 radical (unpaired) electrons. The monoisotopic (exact) mass is 430 g/mol. The number of hydrogen-bond acceptors (Lipinski definition) is 6. The van der Waals surface area contributed by atoms with Crippen LogP contribution in [0.3, 0.4) is 0 Å². The van der Waals surface area contributed by atoms with Gasteiger partial charge in [-0.25, -0.2) is 0 Å². The molecule has 3 aromatic rings. The number of piperidine rings is 1. The predicted molar refractivity (Wildman–Crippen MR) is 120 cm³/mol. The Morgan fingerprint density at radius 3 is 2.88 bits per heavy atom. The van der Waals surface area contributed by atoms with E-state index in [9.17, 15) is 9.90 Å². The van der Waals surface area contributed by atoms with E-state index in [2.05, 4.69) is 16.0 Å². The van der Waals surface area contributed by atoms with E-state index in [1.807, 2.05) is 32.2 Å². The van der Waals surface area contributed by atoms with Crippen molar-refractivity contribution in [1.29, 1.82) is 0 Å². The number of Topliss-reactive ketones (excluding diaryl/α,β-unsaturated/α-hetero) is 1. The fourth-order valence-corrected chi connectivity index (χ4v) is 4.73. The van der Waals surface area contributed by atoms with Gasteiger partial charge in [0.2, 0.25) is 5.78 Å². The molecule has 0 saturated carbocycles. The highest BCUT2D eigenvalue weighted by atomic mass is 16.5. The molecule has 6 nitrogen and oxygen atoms in total. The number of furan rings is 1. The Morgan fingerprint density at radius 1 is 1.25 bits per heavy atom. The van der Waals surface area contributed by atoms with E-state index in [1.165, 1.54) is 5.56 Å². The zero-order chi connectivity index (χ0) is 22.2. The summed E-state index contributed by atoms with van der Waals surface area (Å²) in [5.74, 6) is 1.97. The van der Waals surface area contributed by atoms with Crippen molar-refractivity contribution in [2.24, 2.45) is 0 Å². The first-order valence-corrected chi connectivity index (χ1v) is 11.0. The van der Waals surface area contributed by atoms with E-state index in [1.54, 1.807) is 24.4 Å². The van der Waals surface area contributed by atoms with Crippen molar-refractivity contribution in [3.8, 4) is 11.5 Å². The minimum Gasteiger partial charge on any atom is -0.507 e. The Bertz CT molecular complexity index is 1200. The van der Waals surface area contributed by atoms with Gasteiger partial charge in [0.05, 0.1) is 11.1 Å². The quantitative estimate of drug-likeness (QED) is 0.563. The van der Waals surface area contributed by atoms with Gasteiger partial charge in [0.15, 0.2) is 5.76 Å². The van der Waals surface area contributed by atoms with Gasteiger partial charge in [0, 0.05) is 31.1 Å². The van der Waals surface area contributed by atoms with Crippen LogP contribution in [0.15, 0.2) is 52.9 Å². The van der Waals surface area contributed by atoms with Gasteiger partial charge in [-0.15, -0.1) is 0 Å². The number of aromatic nitrogens is 1. The second-order valence-corrected chi connectivity index (χ2v) is 8.55. The smallest absolute Gasteiger partial charge is 0.232 e. The van der Waals surface area contributed by atoms with Gasteiger partial charge in [-0.2, -0.15) is 0 Å². The molecule has 2 aliphatic heterocycles. The first kappa shape index (κ1) is 20.5. The number of rotatable bonds is 4. The van der Waals surface area contributed by atoms with E-state index in [4.69, 9.17) is 9.15 Å². The van der Waals surface area contributed by atoms with Gasteiger partial charge in [-0.05, 0) is 68.6 Å². The molecule has 1 aromatic carbocycles. The Morgan fingerprint density at radius 2 is 2.12 bits per heavy atom. The van der Waals surface area contributed by atoms with Crippen LogP contribution in [0.5, 0.6) is 11.5 Å². The lowest BCUT2D eigenvalue weighted by Crippen LogP contribution is -2.33. The zero-order valence-electron chi connectivity index (χ0n) is 18.3. The topological polar surface area (TPSA) is 75.8 Å². The summed E-state index contributed by atoms with van der Waals surface area (Å²) in [7, 11) is 0. The molecule has 6 heteroatoms. The van der Waals surface area contributed by atoms with E-state index in [-0.39, 0.29) is 23.3 Å². The number of aryl methyl sites for hydroxylation is 2. The molecule has 0 amide bonds. The summed E-state index contributed by atoms with van der Waals surface area (Å²) in [6.45, 7) is 5.08. The predicted octanol–water partition coefficient (Wildman–Crippen LogP) is 5.34.